The molecule has 0 bridgehead atoms. The van der Waals surface area contributed by atoms with Crippen molar-refractivity contribution in [3.8, 4) is 5.75 Å². The highest BCUT2D eigenvalue weighted by Crippen LogP contribution is 2.24. The van der Waals surface area contributed by atoms with E-state index in [0.29, 0.717) is 17.0 Å². The van der Waals surface area contributed by atoms with Crippen LogP contribution in [0.15, 0.2) is 78.4 Å². The number of carbonyl (C=O) groups excluding carboxylic acids is 3. The molecule has 0 unspecified atom stereocenters. The fraction of sp³-hybridized carbons (Fsp3) is 0.0417. The van der Waals surface area contributed by atoms with Crippen molar-refractivity contribution in [1.82, 2.24) is 5.32 Å². The summed E-state index contributed by atoms with van der Waals surface area (Å²) in [7, 11) is 0. The van der Waals surface area contributed by atoms with Crippen LogP contribution in [-0.2, 0) is 16.2 Å². The van der Waals surface area contributed by atoms with Gasteiger partial charge in [0.2, 0.25) is 0 Å². The number of para-hydroxylation sites is 1. The highest BCUT2D eigenvalue weighted by atomic mass is 35.5. The fourth-order valence-corrected chi connectivity index (χ4v) is 3.34. The molecule has 4 rings (SSSR count). The number of hydrogen-bond acceptors (Lipinski definition) is 4. The summed E-state index contributed by atoms with van der Waals surface area (Å²) in [6.07, 6.45) is 1.39. The van der Waals surface area contributed by atoms with Crippen LogP contribution in [0.4, 0.5) is 14.9 Å². The van der Waals surface area contributed by atoms with Crippen LogP contribution in [0.1, 0.15) is 11.1 Å². The first-order valence-corrected chi connectivity index (χ1v) is 9.94. The molecule has 6 nitrogen and oxygen atoms in total. The predicted molar refractivity (Wildman–Crippen MR) is 118 cm³/mol. The molecule has 1 fully saturated rings. The molecule has 1 saturated heterocycles. The van der Waals surface area contributed by atoms with E-state index in [-0.39, 0.29) is 22.8 Å². The van der Waals surface area contributed by atoms with Crippen LogP contribution in [0, 0.1) is 5.82 Å². The maximum atomic E-state index is 13.9. The van der Waals surface area contributed by atoms with Crippen molar-refractivity contribution in [3.05, 3.63) is 100 Å². The van der Waals surface area contributed by atoms with Crippen LogP contribution in [-0.4, -0.2) is 17.8 Å². The summed E-state index contributed by atoms with van der Waals surface area (Å²) < 4.78 is 19.4. The SMILES string of the molecule is O=C1NC(=O)N(c2ccccc2)C(=O)/C1=C\c1ccc(OCc2c(F)cccc2Cl)cc1. The van der Waals surface area contributed by atoms with E-state index in [1.807, 2.05) is 0 Å². The number of halogens is 2. The molecule has 8 heteroatoms. The minimum atomic E-state index is -0.807. The Balaban J connectivity index is 1.52. The zero-order chi connectivity index (χ0) is 22.7. The smallest absolute Gasteiger partial charge is 0.335 e. The molecule has 0 spiro atoms. The zero-order valence-corrected chi connectivity index (χ0v) is 17.3. The molecule has 0 aliphatic carbocycles. The van der Waals surface area contributed by atoms with Crippen LogP contribution < -0.4 is 15.0 Å². The summed E-state index contributed by atoms with van der Waals surface area (Å²) in [6.45, 7) is -0.0546. The number of rotatable bonds is 5. The number of nitrogens with one attached hydrogen (secondary N) is 1. The lowest BCUT2D eigenvalue weighted by Gasteiger charge is -2.26. The van der Waals surface area contributed by atoms with Crippen molar-refractivity contribution in [2.45, 2.75) is 6.61 Å². The van der Waals surface area contributed by atoms with Gasteiger partial charge < -0.3 is 4.74 Å². The topological polar surface area (TPSA) is 75.7 Å². The van der Waals surface area contributed by atoms with Crippen molar-refractivity contribution in [3.63, 3.8) is 0 Å². The maximum absolute atomic E-state index is 13.9. The van der Waals surface area contributed by atoms with Gasteiger partial charge in [-0.05, 0) is 48.0 Å². The first-order chi connectivity index (χ1) is 15.4. The van der Waals surface area contributed by atoms with Gasteiger partial charge in [0.15, 0.2) is 0 Å². The van der Waals surface area contributed by atoms with E-state index in [1.165, 1.54) is 18.2 Å². The molecule has 0 saturated carbocycles. The molecule has 3 aromatic rings. The van der Waals surface area contributed by atoms with Crippen molar-refractivity contribution in [2.75, 3.05) is 4.90 Å². The zero-order valence-electron chi connectivity index (χ0n) is 16.5. The number of imide groups is 2. The number of nitrogens with zero attached hydrogens (tertiary/aromatic N) is 1. The standard InChI is InChI=1S/C24H16ClFN2O4/c25-20-7-4-8-21(26)19(20)14-32-17-11-9-15(10-12-17)13-18-22(29)27-24(31)28(23(18)30)16-5-2-1-3-6-16/h1-13H,14H2,(H,27,29,31)/b18-13-. The molecule has 1 heterocycles. The molecular weight excluding hydrogens is 435 g/mol. The summed E-state index contributed by atoms with van der Waals surface area (Å²) in [5.41, 5.74) is 0.960. The average molecular weight is 451 g/mol. The van der Waals surface area contributed by atoms with Crippen molar-refractivity contribution < 1.29 is 23.5 Å². The minimum absolute atomic E-state index is 0.0546. The third-order valence-corrected chi connectivity index (χ3v) is 5.11. The molecular formula is C24H16ClFN2O4. The summed E-state index contributed by atoms with van der Waals surface area (Å²) in [6, 6.07) is 18.4. The third-order valence-electron chi connectivity index (χ3n) is 4.75. The van der Waals surface area contributed by atoms with Crippen molar-refractivity contribution in [2.24, 2.45) is 0 Å². The van der Waals surface area contributed by atoms with Gasteiger partial charge >= 0.3 is 6.03 Å². The van der Waals surface area contributed by atoms with Crippen LogP contribution in [0.5, 0.6) is 5.75 Å². The van der Waals surface area contributed by atoms with Crippen molar-refractivity contribution in [1.29, 1.82) is 0 Å². The number of hydrogen-bond donors (Lipinski definition) is 1. The van der Waals surface area contributed by atoms with Gasteiger partial charge in [0.1, 0.15) is 23.7 Å². The number of ether oxygens (including phenoxy) is 1. The minimum Gasteiger partial charge on any atom is -0.489 e. The first-order valence-electron chi connectivity index (χ1n) is 9.56. The number of barbiturate groups is 1. The van der Waals surface area contributed by atoms with E-state index in [0.717, 1.165) is 4.90 Å². The van der Waals surface area contributed by atoms with E-state index in [2.05, 4.69) is 5.32 Å². The predicted octanol–water partition coefficient (Wildman–Crippen LogP) is 4.72. The quantitative estimate of drug-likeness (QED) is 0.450. The van der Waals surface area contributed by atoms with Gasteiger partial charge in [-0.25, -0.2) is 14.1 Å². The Kier molecular flexibility index (Phi) is 6.00. The summed E-state index contributed by atoms with van der Waals surface area (Å²) >= 11 is 6.00. The van der Waals surface area contributed by atoms with Gasteiger partial charge in [0.05, 0.1) is 10.7 Å². The Morgan fingerprint density at radius 1 is 0.938 bits per heavy atom. The lowest BCUT2D eigenvalue weighted by molar-refractivity contribution is -0.122. The van der Waals surface area contributed by atoms with Crippen LogP contribution >= 0.6 is 11.6 Å². The lowest BCUT2D eigenvalue weighted by Crippen LogP contribution is -2.54. The van der Waals surface area contributed by atoms with Gasteiger partial charge in [-0.1, -0.05) is 48.0 Å². The normalized spacial score (nSPS) is 15.1. The Morgan fingerprint density at radius 3 is 2.34 bits per heavy atom. The number of benzene rings is 3. The van der Waals surface area contributed by atoms with Gasteiger partial charge in [-0.15, -0.1) is 0 Å². The second kappa shape index (κ2) is 9.03. The fourth-order valence-electron chi connectivity index (χ4n) is 3.12. The Morgan fingerprint density at radius 2 is 1.66 bits per heavy atom. The monoisotopic (exact) mass is 450 g/mol. The number of carbonyl (C=O) groups is 3. The van der Waals surface area contributed by atoms with E-state index in [1.54, 1.807) is 60.7 Å². The molecule has 1 aliphatic heterocycles. The number of urea groups is 1. The molecule has 0 aromatic heterocycles. The average Bonchev–Trinajstić information content (AvgIpc) is 2.78. The second-order valence-corrected chi connectivity index (χ2v) is 7.26. The molecule has 4 amide bonds. The first kappa shape index (κ1) is 21.3. The van der Waals surface area contributed by atoms with E-state index >= 15 is 0 Å². The van der Waals surface area contributed by atoms with Gasteiger partial charge in [0, 0.05) is 5.56 Å². The van der Waals surface area contributed by atoms with Gasteiger partial charge in [-0.3, -0.25) is 14.9 Å². The maximum Gasteiger partial charge on any atom is 0.335 e. The number of anilines is 1. The van der Waals surface area contributed by atoms with Gasteiger partial charge in [0.25, 0.3) is 11.8 Å². The summed E-state index contributed by atoms with van der Waals surface area (Å²) in [5, 5.41) is 2.44. The number of amides is 4. The molecule has 3 aromatic carbocycles. The van der Waals surface area contributed by atoms with Crippen molar-refractivity contribution >= 4 is 41.2 Å². The molecule has 0 atom stereocenters. The highest BCUT2D eigenvalue weighted by Gasteiger charge is 2.36. The lowest BCUT2D eigenvalue weighted by atomic mass is 10.1. The van der Waals surface area contributed by atoms with Crippen LogP contribution in [0.25, 0.3) is 6.08 Å². The summed E-state index contributed by atoms with van der Waals surface area (Å²) in [5.74, 6) is -1.51. The Labute approximate surface area is 187 Å². The van der Waals surface area contributed by atoms with E-state index < -0.39 is 23.7 Å². The highest BCUT2D eigenvalue weighted by molar-refractivity contribution is 6.39. The molecule has 160 valence electrons. The van der Waals surface area contributed by atoms with Crippen LogP contribution in [0.2, 0.25) is 5.02 Å². The molecule has 0 radical (unpaired) electrons. The molecule has 1 aliphatic rings. The molecule has 32 heavy (non-hydrogen) atoms. The molecule has 1 N–H and O–H groups in total. The third kappa shape index (κ3) is 4.38. The second-order valence-electron chi connectivity index (χ2n) is 6.85. The van der Waals surface area contributed by atoms with Crippen LogP contribution in [0.3, 0.4) is 0 Å². The largest absolute Gasteiger partial charge is 0.489 e. The Hall–Kier alpha value is -3.97. The van der Waals surface area contributed by atoms with E-state index in [9.17, 15) is 18.8 Å². The Bertz CT molecular complexity index is 1210. The van der Waals surface area contributed by atoms with E-state index in [4.69, 9.17) is 16.3 Å². The van der Waals surface area contributed by atoms with Gasteiger partial charge in [-0.2, -0.15) is 0 Å². The summed E-state index contributed by atoms with van der Waals surface area (Å²) in [4.78, 5) is 38.2.